The molecule has 0 unspecified atom stereocenters. The van der Waals surface area contributed by atoms with Crippen molar-refractivity contribution in [1.29, 1.82) is 0 Å². The van der Waals surface area contributed by atoms with Crippen LogP contribution in [0.15, 0.2) is 71.7 Å². The van der Waals surface area contributed by atoms with E-state index in [2.05, 4.69) is 5.32 Å². The Morgan fingerprint density at radius 2 is 1.75 bits per heavy atom. The fourth-order valence-electron chi connectivity index (χ4n) is 2.60. The van der Waals surface area contributed by atoms with Crippen molar-refractivity contribution in [2.24, 2.45) is 0 Å². The highest BCUT2D eigenvalue weighted by molar-refractivity contribution is 6.04. The van der Waals surface area contributed by atoms with Crippen molar-refractivity contribution in [3.63, 3.8) is 0 Å². The third kappa shape index (κ3) is 4.64. The van der Waals surface area contributed by atoms with Crippen LogP contribution in [0.2, 0.25) is 0 Å². The number of amides is 1. The van der Waals surface area contributed by atoms with E-state index >= 15 is 0 Å². The molecule has 0 bridgehead atoms. The number of alkyl halides is 3. The SMILES string of the molecule is O=C(Nc1cccc(C(F)(F)F)c1)c1ccc(=O)n(Cc2cccc(F)c2)c1. The molecule has 4 nitrogen and oxygen atoms in total. The van der Waals surface area contributed by atoms with Crippen LogP contribution in [-0.2, 0) is 12.7 Å². The van der Waals surface area contributed by atoms with Crippen LogP contribution in [0.3, 0.4) is 0 Å². The third-order valence-corrected chi connectivity index (χ3v) is 3.94. The highest BCUT2D eigenvalue weighted by Gasteiger charge is 2.30. The van der Waals surface area contributed by atoms with Crippen LogP contribution in [0.4, 0.5) is 23.2 Å². The number of pyridine rings is 1. The molecule has 0 aliphatic heterocycles. The predicted molar refractivity (Wildman–Crippen MR) is 95.6 cm³/mol. The average Bonchev–Trinajstić information content (AvgIpc) is 2.63. The Morgan fingerprint density at radius 1 is 1.00 bits per heavy atom. The summed E-state index contributed by atoms with van der Waals surface area (Å²) in [4.78, 5) is 24.4. The maximum Gasteiger partial charge on any atom is 0.416 e. The lowest BCUT2D eigenvalue weighted by Crippen LogP contribution is -2.22. The minimum atomic E-state index is -4.53. The second-order valence-electron chi connectivity index (χ2n) is 6.05. The minimum Gasteiger partial charge on any atom is -0.322 e. The lowest BCUT2D eigenvalue weighted by atomic mass is 10.2. The number of nitrogens with one attached hydrogen (secondary N) is 1. The summed E-state index contributed by atoms with van der Waals surface area (Å²) in [6.45, 7) is 0.0429. The van der Waals surface area contributed by atoms with Gasteiger partial charge in [0.15, 0.2) is 0 Å². The zero-order valence-electron chi connectivity index (χ0n) is 14.3. The maximum absolute atomic E-state index is 13.3. The number of aromatic nitrogens is 1. The van der Waals surface area contributed by atoms with Gasteiger partial charge in [0.05, 0.1) is 17.7 Å². The molecular formula is C20H14F4N2O2. The molecule has 0 fully saturated rings. The van der Waals surface area contributed by atoms with Crippen molar-refractivity contribution < 1.29 is 22.4 Å². The summed E-state index contributed by atoms with van der Waals surface area (Å²) in [5, 5.41) is 2.38. The summed E-state index contributed by atoms with van der Waals surface area (Å²) in [6, 6.07) is 12.3. The van der Waals surface area contributed by atoms with Crippen LogP contribution in [0, 0.1) is 5.82 Å². The lowest BCUT2D eigenvalue weighted by Gasteiger charge is -2.11. The second-order valence-corrected chi connectivity index (χ2v) is 6.05. The van der Waals surface area contributed by atoms with E-state index < -0.39 is 29.0 Å². The van der Waals surface area contributed by atoms with Crippen LogP contribution in [0.1, 0.15) is 21.5 Å². The first-order chi connectivity index (χ1) is 13.2. The minimum absolute atomic E-state index is 0.0253. The van der Waals surface area contributed by atoms with Crippen LogP contribution in [-0.4, -0.2) is 10.5 Å². The molecule has 0 atom stereocenters. The second kappa shape index (κ2) is 7.67. The van der Waals surface area contributed by atoms with E-state index in [1.807, 2.05) is 0 Å². The van der Waals surface area contributed by atoms with E-state index in [1.165, 1.54) is 53.2 Å². The highest BCUT2D eigenvalue weighted by Crippen LogP contribution is 2.30. The third-order valence-electron chi connectivity index (χ3n) is 3.94. The van der Waals surface area contributed by atoms with Gasteiger partial charge in [-0.15, -0.1) is 0 Å². The molecule has 0 saturated carbocycles. The first-order valence-corrected chi connectivity index (χ1v) is 8.16. The Hall–Kier alpha value is -3.42. The first-order valence-electron chi connectivity index (χ1n) is 8.16. The van der Waals surface area contributed by atoms with Crippen molar-refractivity contribution in [3.05, 3.63) is 99.7 Å². The zero-order valence-corrected chi connectivity index (χ0v) is 14.3. The van der Waals surface area contributed by atoms with Gasteiger partial charge < -0.3 is 9.88 Å². The van der Waals surface area contributed by atoms with Gasteiger partial charge in [-0.2, -0.15) is 13.2 Å². The van der Waals surface area contributed by atoms with E-state index in [9.17, 15) is 27.2 Å². The zero-order chi connectivity index (χ0) is 20.3. The molecule has 3 aromatic rings. The van der Waals surface area contributed by atoms with E-state index in [1.54, 1.807) is 6.07 Å². The fourth-order valence-corrected chi connectivity index (χ4v) is 2.60. The molecule has 144 valence electrons. The summed E-state index contributed by atoms with van der Waals surface area (Å²) in [5.74, 6) is -1.13. The summed E-state index contributed by atoms with van der Waals surface area (Å²) in [6.07, 6.45) is -3.25. The molecule has 1 N–H and O–H groups in total. The van der Waals surface area contributed by atoms with Gasteiger partial charge in [0, 0.05) is 18.0 Å². The number of benzene rings is 2. The molecule has 1 amide bonds. The van der Waals surface area contributed by atoms with Crippen molar-refractivity contribution in [2.75, 3.05) is 5.32 Å². The average molecular weight is 390 g/mol. The van der Waals surface area contributed by atoms with Crippen molar-refractivity contribution in [2.45, 2.75) is 12.7 Å². The molecule has 8 heteroatoms. The fraction of sp³-hybridized carbons (Fsp3) is 0.100. The van der Waals surface area contributed by atoms with Gasteiger partial charge in [-0.3, -0.25) is 9.59 Å². The van der Waals surface area contributed by atoms with Crippen LogP contribution in [0.25, 0.3) is 0 Å². The normalized spacial score (nSPS) is 11.3. The summed E-state index contributed by atoms with van der Waals surface area (Å²) < 4.78 is 52.9. The molecule has 1 heterocycles. The summed E-state index contributed by atoms with van der Waals surface area (Å²) >= 11 is 0. The van der Waals surface area contributed by atoms with Crippen molar-refractivity contribution in [1.82, 2.24) is 4.57 Å². The van der Waals surface area contributed by atoms with Gasteiger partial charge >= 0.3 is 6.18 Å². The molecule has 0 radical (unpaired) electrons. The summed E-state index contributed by atoms with van der Waals surface area (Å²) in [7, 11) is 0. The van der Waals surface area contributed by atoms with Gasteiger partial charge in [0.2, 0.25) is 0 Å². The van der Waals surface area contributed by atoms with E-state index in [0.717, 1.165) is 12.1 Å². The van der Waals surface area contributed by atoms with Crippen LogP contribution in [0.5, 0.6) is 0 Å². The summed E-state index contributed by atoms with van der Waals surface area (Å²) in [5.41, 5.74) is -0.713. The molecule has 2 aromatic carbocycles. The predicted octanol–water partition coefficient (Wildman–Crippen LogP) is 4.31. The number of hydrogen-bond donors (Lipinski definition) is 1. The molecule has 3 rings (SSSR count). The smallest absolute Gasteiger partial charge is 0.322 e. The first kappa shape index (κ1) is 19.3. The number of hydrogen-bond acceptors (Lipinski definition) is 2. The number of anilines is 1. The monoisotopic (exact) mass is 390 g/mol. The Morgan fingerprint density at radius 3 is 2.46 bits per heavy atom. The van der Waals surface area contributed by atoms with Gasteiger partial charge in [-0.05, 0) is 42.0 Å². The molecule has 0 saturated heterocycles. The molecule has 1 aromatic heterocycles. The van der Waals surface area contributed by atoms with Gasteiger partial charge in [0.25, 0.3) is 11.5 Å². The Kier molecular flexibility index (Phi) is 5.30. The standard InChI is InChI=1S/C20H14F4N2O2/c21-16-5-1-3-13(9-16)11-26-12-14(7-8-18(26)27)19(28)25-17-6-2-4-15(10-17)20(22,23)24/h1-10,12H,11H2,(H,25,28). The van der Waals surface area contributed by atoms with Crippen molar-refractivity contribution >= 4 is 11.6 Å². The molecule has 0 aliphatic carbocycles. The number of nitrogens with zero attached hydrogens (tertiary/aromatic N) is 1. The Bertz CT molecular complexity index is 1070. The van der Waals surface area contributed by atoms with Gasteiger partial charge in [0.1, 0.15) is 5.82 Å². The quantitative estimate of drug-likeness (QED) is 0.675. The topological polar surface area (TPSA) is 51.1 Å². The van der Waals surface area contributed by atoms with Crippen molar-refractivity contribution in [3.8, 4) is 0 Å². The van der Waals surface area contributed by atoms with E-state index in [-0.39, 0.29) is 17.8 Å². The number of carbonyl (C=O) groups excluding carboxylic acids is 1. The molecule has 28 heavy (non-hydrogen) atoms. The highest BCUT2D eigenvalue weighted by atomic mass is 19.4. The van der Waals surface area contributed by atoms with Gasteiger partial charge in [-0.1, -0.05) is 18.2 Å². The van der Waals surface area contributed by atoms with E-state index in [4.69, 9.17) is 0 Å². The van der Waals surface area contributed by atoms with Gasteiger partial charge in [-0.25, -0.2) is 4.39 Å². The number of carbonyl (C=O) groups is 1. The van der Waals surface area contributed by atoms with Crippen LogP contribution < -0.4 is 10.9 Å². The number of halogens is 4. The largest absolute Gasteiger partial charge is 0.416 e. The molecule has 0 aliphatic rings. The van der Waals surface area contributed by atoms with Crippen LogP contribution >= 0.6 is 0 Å². The number of rotatable bonds is 4. The molecular weight excluding hydrogens is 376 g/mol. The Labute approximate surface area is 157 Å². The maximum atomic E-state index is 13.3. The Balaban J connectivity index is 1.82. The lowest BCUT2D eigenvalue weighted by molar-refractivity contribution is -0.137. The van der Waals surface area contributed by atoms with E-state index in [0.29, 0.717) is 5.56 Å². The molecule has 0 spiro atoms.